The fourth-order valence-corrected chi connectivity index (χ4v) is 5.53. The van der Waals surface area contributed by atoms with Gasteiger partial charge in [0.15, 0.2) is 0 Å². The highest BCUT2D eigenvalue weighted by Crippen LogP contribution is 2.27. The minimum absolute atomic E-state index is 0.0241. The molecule has 1 saturated heterocycles. The van der Waals surface area contributed by atoms with E-state index in [0.717, 1.165) is 36.1 Å². The molecule has 2 aromatic rings. The summed E-state index contributed by atoms with van der Waals surface area (Å²) in [5, 5.41) is 3.88. The molecule has 28 heavy (non-hydrogen) atoms. The third-order valence-corrected chi connectivity index (χ3v) is 7.70. The Balaban J connectivity index is 1.41. The van der Waals surface area contributed by atoms with Gasteiger partial charge in [-0.3, -0.25) is 4.79 Å². The molecule has 0 atom stereocenters. The first-order valence-electron chi connectivity index (χ1n) is 9.68. The van der Waals surface area contributed by atoms with Gasteiger partial charge in [0.2, 0.25) is 15.9 Å². The van der Waals surface area contributed by atoms with Crippen molar-refractivity contribution in [1.29, 1.82) is 0 Å². The van der Waals surface area contributed by atoms with Gasteiger partial charge in [0.05, 0.1) is 17.0 Å². The van der Waals surface area contributed by atoms with Crippen molar-refractivity contribution < 1.29 is 17.7 Å². The highest BCUT2D eigenvalue weighted by atomic mass is 32.2. The van der Waals surface area contributed by atoms with E-state index in [9.17, 15) is 13.2 Å². The lowest BCUT2D eigenvalue weighted by molar-refractivity contribution is -0.131. The maximum absolute atomic E-state index is 13.0. The van der Waals surface area contributed by atoms with Gasteiger partial charge in [0.25, 0.3) is 0 Å². The van der Waals surface area contributed by atoms with Crippen LogP contribution in [-0.2, 0) is 34.1 Å². The molecule has 8 heteroatoms. The van der Waals surface area contributed by atoms with Crippen LogP contribution in [0.3, 0.4) is 0 Å². The smallest absolute Gasteiger partial charge is 0.243 e. The Kier molecular flexibility index (Phi) is 5.01. The van der Waals surface area contributed by atoms with E-state index in [1.165, 1.54) is 9.87 Å². The minimum Gasteiger partial charge on any atom is -0.361 e. The number of hydrogen-bond donors (Lipinski definition) is 0. The average molecular weight is 404 g/mol. The molecule has 150 valence electrons. The van der Waals surface area contributed by atoms with E-state index in [1.54, 1.807) is 17.9 Å². The van der Waals surface area contributed by atoms with E-state index in [0.29, 0.717) is 36.8 Å². The highest BCUT2D eigenvalue weighted by Gasteiger charge is 2.31. The Bertz CT molecular complexity index is 985. The molecular formula is C20H25N3O4S. The first-order chi connectivity index (χ1) is 13.4. The second-order valence-electron chi connectivity index (χ2n) is 7.55. The normalized spacial score (nSPS) is 17.7. The van der Waals surface area contributed by atoms with Gasteiger partial charge in [-0.15, -0.1) is 0 Å². The zero-order valence-corrected chi connectivity index (χ0v) is 17.1. The van der Waals surface area contributed by atoms with Crippen LogP contribution >= 0.6 is 0 Å². The molecule has 1 fully saturated rings. The summed E-state index contributed by atoms with van der Waals surface area (Å²) in [5.41, 5.74) is 3.95. The second-order valence-corrected chi connectivity index (χ2v) is 9.49. The quantitative estimate of drug-likeness (QED) is 0.778. The van der Waals surface area contributed by atoms with E-state index in [4.69, 9.17) is 4.52 Å². The molecule has 1 amide bonds. The standard InChI is InChI=1S/C20H25N3O4S/c1-14-19(15(2)27-21-14)13-20(24)22-8-10-23(11-9-22)28(25,26)18-7-6-16-4-3-5-17(16)12-18/h6-7,12H,3-5,8-11,13H2,1-2H3. The number of sulfonamides is 1. The first kappa shape index (κ1) is 19.1. The molecule has 1 aliphatic carbocycles. The molecule has 1 aromatic heterocycles. The largest absolute Gasteiger partial charge is 0.361 e. The van der Waals surface area contributed by atoms with Crippen molar-refractivity contribution >= 4 is 15.9 Å². The lowest BCUT2D eigenvalue weighted by atomic mass is 10.1. The predicted molar refractivity (Wildman–Crippen MR) is 103 cm³/mol. The summed E-state index contributed by atoms with van der Waals surface area (Å²) in [6.45, 7) is 5.03. The molecule has 0 spiro atoms. The lowest BCUT2D eigenvalue weighted by Crippen LogP contribution is -2.50. The van der Waals surface area contributed by atoms with Crippen molar-refractivity contribution in [2.75, 3.05) is 26.2 Å². The summed E-state index contributed by atoms with van der Waals surface area (Å²) in [5.74, 6) is 0.632. The predicted octanol–water partition coefficient (Wildman–Crippen LogP) is 1.86. The van der Waals surface area contributed by atoms with E-state index >= 15 is 0 Å². The number of aryl methyl sites for hydroxylation is 4. The van der Waals surface area contributed by atoms with Crippen molar-refractivity contribution in [1.82, 2.24) is 14.4 Å². The highest BCUT2D eigenvalue weighted by molar-refractivity contribution is 7.89. The van der Waals surface area contributed by atoms with Crippen molar-refractivity contribution in [2.45, 2.75) is 44.4 Å². The fourth-order valence-electron chi connectivity index (χ4n) is 4.05. The third-order valence-electron chi connectivity index (χ3n) is 5.81. The number of rotatable bonds is 4. The molecule has 2 aliphatic rings. The molecule has 1 aliphatic heterocycles. The summed E-state index contributed by atoms with van der Waals surface area (Å²) in [4.78, 5) is 14.7. The molecule has 0 unspecified atom stereocenters. The zero-order chi connectivity index (χ0) is 19.9. The third kappa shape index (κ3) is 3.46. The van der Waals surface area contributed by atoms with Crippen molar-refractivity contribution in [3.8, 4) is 0 Å². The van der Waals surface area contributed by atoms with Crippen molar-refractivity contribution in [3.05, 3.63) is 46.3 Å². The molecule has 4 rings (SSSR count). The average Bonchev–Trinajstić information content (AvgIpc) is 3.29. The summed E-state index contributed by atoms with van der Waals surface area (Å²) in [6, 6.07) is 5.49. The van der Waals surface area contributed by atoms with Gasteiger partial charge in [-0.2, -0.15) is 4.31 Å². The van der Waals surface area contributed by atoms with Crippen LogP contribution in [0.5, 0.6) is 0 Å². The second kappa shape index (κ2) is 7.33. The van der Waals surface area contributed by atoms with Crippen LogP contribution in [0.4, 0.5) is 0 Å². The topological polar surface area (TPSA) is 83.7 Å². The number of aromatic nitrogens is 1. The number of amides is 1. The van der Waals surface area contributed by atoms with E-state index in [2.05, 4.69) is 5.16 Å². The maximum atomic E-state index is 13.0. The van der Waals surface area contributed by atoms with Crippen LogP contribution < -0.4 is 0 Å². The van der Waals surface area contributed by atoms with E-state index < -0.39 is 10.0 Å². The van der Waals surface area contributed by atoms with Crippen LogP contribution in [0.2, 0.25) is 0 Å². The number of hydrogen-bond acceptors (Lipinski definition) is 5. The number of carbonyl (C=O) groups excluding carboxylic acids is 1. The molecular weight excluding hydrogens is 378 g/mol. The molecule has 0 N–H and O–H groups in total. The number of fused-ring (bicyclic) bond motifs is 1. The molecule has 7 nitrogen and oxygen atoms in total. The SMILES string of the molecule is Cc1noc(C)c1CC(=O)N1CCN(S(=O)(=O)c2ccc3c(c2)CCC3)CC1. The summed E-state index contributed by atoms with van der Waals surface area (Å²) < 4.78 is 32.6. The monoisotopic (exact) mass is 403 g/mol. The van der Waals surface area contributed by atoms with Crippen molar-refractivity contribution in [2.24, 2.45) is 0 Å². The lowest BCUT2D eigenvalue weighted by Gasteiger charge is -2.34. The molecule has 0 saturated carbocycles. The van der Waals surface area contributed by atoms with Crippen LogP contribution in [0.15, 0.2) is 27.6 Å². The van der Waals surface area contributed by atoms with Gasteiger partial charge in [-0.1, -0.05) is 11.2 Å². The minimum atomic E-state index is -3.53. The summed E-state index contributed by atoms with van der Waals surface area (Å²) in [7, 11) is -3.53. The number of nitrogens with zero attached hydrogens (tertiary/aromatic N) is 3. The number of piperazine rings is 1. The summed E-state index contributed by atoms with van der Waals surface area (Å²) >= 11 is 0. The molecule has 0 radical (unpaired) electrons. The maximum Gasteiger partial charge on any atom is 0.243 e. The van der Waals surface area contributed by atoms with Crippen LogP contribution in [-0.4, -0.2) is 54.9 Å². The van der Waals surface area contributed by atoms with E-state index in [1.807, 2.05) is 19.1 Å². The van der Waals surface area contributed by atoms with Gasteiger partial charge >= 0.3 is 0 Å². The molecule has 0 bridgehead atoms. The van der Waals surface area contributed by atoms with Gasteiger partial charge in [0, 0.05) is 31.7 Å². The Morgan fingerprint density at radius 1 is 1.11 bits per heavy atom. The van der Waals surface area contributed by atoms with E-state index in [-0.39, 0.29) is 12.3 Å². The number of carbonyl (C=O) groups is 1. The van der Waals surface area contributed by atoms with Crippen LogP contribution in [0.1, 0.15) is 34.6 Å². The zero-order valence-electron chi connectivity index (χ0n) is 16.3. The fraction of sp³-hybridized carbons (Fsp3) is 0.500. The van der Waals surface area contributed by atoms with Gasteiger partial charge < -0.3 is 9.42 Å². The Morgan fingerprint density at radius 2 is 1.82 bits per heavy atom. The number of benzene rings is 1. The van der Waals surface area contributed by atoms with Gasteiger partial charge in [0.1, 0.15) is 5.76 Å². The first-order valence-corrected chi connectivity index (χ1v) is 11.1. The molecule has 2 heterocycles. The Hall–Kier alpha value is -2.19. The van der Waals surface area contributed by atoms with Crippen molar-refractivity contribution in [3.63, 3.8) is 0 Å². The molecule has 1 aromatic carbocycles. The van der Waals surface area contributed by atoms with Crippen LogP contribution in [0.25, 0.3) is 0 Å². The Morgan fingerprint density at radius 3 is 2.50 bits per heavy atom. The van der Waals surface area contributed by atoms with Gasteiger partial charge in [-0.05, 0) is 56.4 Å². The Labute approximate surface area is 165 Å². The van der Waals surface area contributed by atoms with Crippen LogP contribution in [0, 0.1) is 13.8 Å². The van der Waals surface area contributed by atoms with Gasteiger partial charge in [-0.25, -0.2) is 8.42 Å². The summed E-state index contributed by atoms with van der Waals surface area (Å²) in [6.07, 6.45) is 3.30.